The van der Waals surface area contributed by atoms with Crippen molar-refractivity contribution in [2.24, 2.45) is 0 Å². The smallest absolute Gasteiger partial charge is 0.339 e. The van der Waals surface area contributed by atoms with E-state index < -0.39 is 17.8 Å². The molecule has 6 nitrogen and oxygen atoms in total. The van der Waals surface area contributed by atoms with Crippen LogP contribution in [-0.4, -0.2) is 24.9 Å². The molecule has 0 bridgehead atoms. The zero-order chi connectivity index (χ0) is 21.7. The van der Waals surface area contributed by atoms with Gasteiger partial charge in [0.05, 0.1) is 28.9 Å². The minimum atomic E-state index is -0.551. The Morgan fingerprint density at radius 2 is 1.50 bits per heavy atom. The molecule has 2 amide bonds. The van der Waals surface area contributed by atoms with Gasteiger partial charge < -0.3 is 15.4 Å². The maximum Gasteiger partial charge on any atom is 0.339 e. The van der Waals surface area contributed by atoms with Gasteiger partial charge in [-0.3, -0.25) is 9.59 Å². The SMILES string of the molecule is COC(=O)c1ccccc1NC(=O)c1ccc(NC(=O)c2ccc(Cl)cc2Cl)cc1. The van der Waals surface area contributed by atoms with E-state index in [1.54, 1.807) is 54.6 Å². The number of esters is 1. The van der Waals surface area contributed by atoms with E-state index >= 15 is 0 Å². The number of methoxy groups -OCH3 is 1. The Labute approximate surface area is 182 Å². The van der Waals surface area contributed by atoms with Gasteiger partial charge in [0.1, 0.15) is 0 Å². The molecule has 0 radical (unpaired) electrons. The van der Waals surface area contributed by atoms with E-state index in [0.29, 0.717) is 22.0 Å². The normalized spacial score (nSPS) is 10.2. The Morgan fingerprint density at radius 1 is 0.800 bits per heavy atom. The lowest BCUT2D eigenvalue weighted by atomic mass is 10.1. The average molecular weight is 443 g/mol. The van der Waals surface area contributed by atoms with E-state index in [0.717, 1.165) is 0 Å². The highest BCUT2D eigenvalue weighted by molar-refractivity contribution is 6.37. The predicted molar refractivity (Wildman–Crippen MR) is 117 cm³/mol. The van der Waals surface area contributed by atoms with Crippen LogP contribution in [0.5, 0.6) is 0 Å². The minimum Gasteiger partial charge on any atom is -0.465 e. The van der Waals surface area contributed by atoms with Gasteiger partial charge in [0.15, 0.2) is 0 Å². The fourth-order valence-electron chi connectivity index (χ4n) is 2.65. The fraction of sp³-hybridized carbons (Fsp3) is 0.0455. The van der Waals surface area contributed by atoms with Gasteiger partial charge in [-0.05, 0) is 54.6 Å². The van der Waals surface area contributed by atoms with E-state index in [1.165, 1.54) is 19.2 Å². The van der Waals surface area contributed by atoms with Gasteiger partial charge in [-0.1, -0.05) is 35.3 Å². The van der Waals surface area contributed by atoms with Crippen LogP contribution in [0.2, 0.25) is 10.0 Å². The molecule has 0 saturated heterocycles. The van der Waals surface area contributed by atoms with Crippen molar-refractivity contribution < 1.29 is 19.1 Å². The van der Waals surface area contributed by atoms with Crippen LogP contribution < -0.4 is 10.6 Å². The first kappa shape index (κ1) is 21.4. The van der Waals surface area contributed by atoms with Gasteiger partial charge in [-0.15, -0.1) is 0 Å². The highest BCUT2D eigenvalue weighted by atomic mass is 35.5. The number of carbonyl (C=O) groups is 3. The second-order valence-electron chi connectivity index (χ2n) is 6.15. The summed E-state index contributed by atoms with van der Waals surface area (Å²) < 4.78 is 4.72. The van der Waals surface area contributed by atoms with Crippen molar-refractivity contribution in [2.75, 3.05) is 17.7 Å². The molecule has 30 heavy (non-hydrogen) atoms. The monoisotopic (exact) mass is 442 g/mol. The van der Waals surface area contributed by atoms with Gasteiger partial charge in [-0.2, -0.15) is 0 Å². The number of ether oxygens (including phenoxy) is 1. The molecule has 0 fully saturated rings. The molecule has 0 aliphatic heterocycles. The van der Waals surface area contributed by atoms with Gasteiger partial charge >= 0.3 is 5.97 Å². The van der Waals surface area contributed by atoms with Crippen molar-refractivity contribution in [2.45, 2.75) is 0 Å². The highest BCUT2D eigenvalue weighted by Crippen LogP contribution is 2.22. The number of hydrogen-bond acceptors (Lipinski definition) is 4. The molecule has 152 valence electrons. The molecule has 0 aliphatic carbocycles. The molecule has 2 N–H and O–H groups in total. The summed E-state index contributed by atoms with van der Waals surface area (Å²) in [6, 6.07) is 17.4. The van der Waals surface area contributed by atoms with E-state index in [1.807, 2.05) is 0 Å². The largest absolute Gasteiger partial charge is 0.465 e. The van der Waals surface area contributed by atoms with Crippen molar-refractivity contribution in [3.05, 3.63) is 93.5 Å². The highest BCUT2D eigenvalue weighted by Gasteiger charge is 2.15. The third kappa shape index (κ3) is 4.97. The number of hydrogen-bond donors (Lipinski definition) is 2. The van der Waals surface area contributed by atoms with Crippen molar-refractivity contribution in [1.29, 1.82) is 0 Å². The summed E-state index contributed by atoms with van der Waals surface area (Å²) >= 11 is 11.9. The molecule has 0 atom stereocenters. The first-order chi connectivity index (χ1) is 14.4. The van der Waals surface area contributed by atoms with Crippen LogP contribution in [0.25, 0.3) is 0 Å². The Hall–Kier alpha value is -3.35. The van der Waals surface area contributed by atoms with E-state index in [9.17, 15) is 14.4 Å². The second-order valence-corrected chi connectivity index (χ2v) is 6.99. The molecule has 3 rings (SSSR count). The maximum atomic E-state index is 12.5. The van der Waals surface area contributed by atoms with Crippen molar-refractivity contribution in [3.8, 4) is 0 Å². The standard InChI is InChI=1S/C22H16Cl2N2O4/c1-30-22(29)17-4-2-3-5-19(17)26-20(27)13-6-9-15(10-7-13)25-21(28)16-11-8-14(23)12-18(16)24/h2-12H,1H3,(H,25,28)(H,26,27). The quantitative estimate of drug-likeness (QED) is 0.526. The number of carbonyl (C=O) groups excluding carboxylic acids is 3. The molecule has 0 spiro atoms. The molecule has 0 aromatic heterocycles. The summed E-state index contributed by atoms with van der Waals surface area (Å²) in [6.07, 6.45) is 0. The second kappa shape index (κ2) is 9.43. The number of nitrogens with one attached hydrogen (secondary N) is 2. The van der Waals surface area contributed by atoms with Crippen LogP contribution in [0.1, 0.15) is 31.1 Å². The third-order valence-corrected chi connectivity index (χ3v) is 4.71. The third-order valence-electron chi connectivity index (χ3n) is 4.16. The van der Waals surface area contributed by atoms with Crippen LogP contribution in [0.15, 0.2) is 66.7 Å². The Kier molecular flexibility index (Phi) is 6.72. The van der Waals surface area contributed by atoms with Gasteiger partial charge in [0, 0.05) is 16.3 Å². The van der Waals surface area contributed by atoms with Gasteiger partial charge in [0.25, 0.3) is 11.8 Å². The topological polar surface area (TPSA) is 84.5 Å². The van der Waals surface area contributed by atoms with E-state index in [2.05, 4.69) is 10.6 Å². The van der Waals surface area contributed by atoms with Gasteiger partial charge in [0.2, 0.25) is 0 Å². The minimum absolute atomic E-state index is 0.236. The zero-order valence-electron chi connectivity index (χ0n) is 15.7. The number of amides is 2. The van der Waals surface area contributed by atoms with Gasteiger partial charge in [-0.25, -0.2) is 4.79 Å². The summed E-state index contributed by atoms with van der Waals surface area (Å²) in [7, 11) is 1.27. The van der Waals surface area contributed by atoms with Crippen molar-refractivity contribution in [3.63, 3.8) is 0 Å². The molecule has 0 heterocycles. The lowest BCUT2D eigenvalue weighted by Crippen LogP contribution is -2.16. The van der Waals surface area contributed by atoms with Crippen LogP contribution in [0, 0.1) is 0 Å². The van der Waals surface area contributed by atoms with E-state index in [-0.39, 0.29) is 16.1 Å². The Morgan fingerprint density at radius 3 is 2.17 bits per heavy atom. The van der Waals surface area contributed by atoms with Crippen LogP contribution in [0.4, 0.5) is 11.4 Å². The molecule has 0 aliphatic rings. The first-order valence-electron chi connectivity index (χ1n) is 8.74. The number of rotatable bonds is 5. The average Bonchev–Trinajstić information content (AvgIpc) is 2.74. The summed E-state index contributed by atoms with van der Waals surface area (Å²) in [5.74, 6) is -1.37. The molecule has 8 heteroatoms. The van der Waals surface area contributed by atoms with Crippen molar-refractivity contribution in [1.82, 2.24) is 0 Å². The molecule has 3 aromatic carbocycles. The van der Waals surface area contributed by atoms with Crippen LogP contribution in [0.3, 0.4) is 0 Å². The van der Waals surface area contributed by atoms with Crippen LogP contribution >= 0.6 is 23.2 Å². The molecular formula is C22H16Cl2N2O4. The zero-order valence-corrected chi connectivity index (χ0v) is 17.3. The number of para-hydroxylation sites is 1. The maximum absolute atomic E-state index is 12.5. The molecule has 0 saturated carbocycles. The predicted octanol–water partition coefficient (Wildman–Crippen LogP) is 5.28. The number of halogens is 2. The Bertz CT molecular complexity index is 1110. The summed E-state index contributed by atoms with van der Waals surface area (Å²) in [5.41, 5.74) is 1.69. The fourth-order valence-corrected chi connectivity index (χ4v) is 3.15. The van der Waals surface area contributed by atoms with E-state index in [4.69, 9.17) is 27.9 Å². The number of anilines is 2. The lowest BCUT2D eigenvalue weighted by molar-refractivity contribution is 0.0601. The number of benzene rings is 3. The Balaban J connectivity index is 1.71. The summed E-state index contributed by atoms with van der Waals surface area (Å²) in [5, 5.41) is 6.06. The van der Waals surface area contributed by atoms with Crippen molar-refractivity contribution >= 4 is 52.4 Å². The van der Waals surface area contributed by atoms with Crippen LogP contribution in [-0.2, 0) is 4.74 Å². The summed E-state index contributed by atoms with van der Waals surface area (Å²) in [6.45, 7) is 0. The molecule has 0 unspecified atom stereocenters. The lowest BCUT2D eigenvalue weighted by Gasteiger charge is -2.10. The molecule has 3 aromatic rings. The first-order valence-corrected chi connectivity index (χ1v) is 9.50. The molecular weight excluding hydrogens is 427 g/mol. The summed E-state index contributed by atoms with van der Waals surface area (Å²) in [4.78, 5) is 36.7.